The number of hydrogen-bond acceptors (Lipinski definition) is 11. The Morgan fingerprint density at radius 3 is 2.18 bits per heavy atom. The van der Waals surface area contributed by atoms with Crippen LogP contribution >= 0.6 is 15.2 Å². The molecule has 1 fully saturated rings. The van der Waals surface area contributed by atoms with Crippen LogP contribution in [0.1, 0.15) is 42.7 Å². The minimum absolute atomic E-state index is 0.0617. The Hall–Kier alpha value is -3.09. The number of nitrogens with one attached hydrogen (secondary N) is 3. The number of aromatic nitrogens is 2. The summed E-state index contributed by atoms with van der Waals surface area (Å²) in [7, 11) is -12.4. The quantitative estimate of drug-likeness (QED) is 0.0779. The summed E-state index contributed by atoms with van der Waals surface area (Å²) in [6.07, 6.45) is 3.33. The van der Waals surface area contributed by atoms with Gasteiger partial charge in [0.15, 0.2) is 0 Å². The first-order valence-electron chi connectivity index (χ1n) is 15.5. The van der Waals surface area contributed by atoms with Gasteiger partial charge in [0.2, 0.25) is 11.8 Å². The zero-order valence-corrected chi connectivity index (χ0v) is 28.9. The highest BCUT2D eigenvalue weighted by molar-refractivity contribution is 7.72. The van der Waals surface area contributed by atoms with Gasteiger partial charge in [-0.15, -0.1) is 0 Å². The molecule has 0 bridgehead atoms. The van der Waals surface area contributed by atoms with Gasteiger partial charge >= 0.3 is 22.3 Å². The van der Waals surface area contributed by atoms with Gasteiger partial charge in [0.05, 0.1) is 18.6 Å². The topological polar surface area (TPSA) is 270 Å². The molecule has 0 aliphatic carbocycles. The standard InChI is InChI=1S/C28H43BN6O12P2/c1-20(2)16-24(34-26(37)22(17-21-6-4-3-5-7-21)33-27(38)23-19-30-8-9-31-23)29-46-14-12-35(13-15-47-29)11-10-32-25(36)18-28(39,48(40,41)42)49(43,44)45/h3-9,19-20,22,24,39H,10-18H2,1-2H3,(H,32,36)(H,33,38)(H,34,37)(H2,40,41,42)(H2,43,44,45)/t22-,24-/m1/s1. The van der Waals surface area contributed by atoms with Crippen LogP contribution in [0.25, 0.3) is 0 Å². The van der Waals surface area contributed by atoms with E-state index in [9.17, 15) is 48.2 Å². The van der Waals surface area contributed by atoms with Crippen molar-refractivity contribution in [2.45, 2.75) is 50.2 Å². The van der Waals surface area contributed by atoms with Crippen LogP contribution in [-0.2, 0) is 34.4 Å². The van der Waals surface area contributed by atoms with Gasteiger partial charge in [0.25, 0.3) is 11.0 Å². The molecule has 49 heavy (non-hydrogen) atoms. The van der Waals surface area contributed by atoms with Crippen molar-refractivity contribution < 1.29 is 57.5 Å². The van der Waals surface area contributed by atoms with E-state index in [1.807, 2.05) is 49.1 Å². The van der Waals surface area contributed by atoms with Gasteiger partial charge in [0.1, 0.15) is 11.7 Å². The second-order valence-electron chi connectivity index (χ2n) is 11.9. The summed E-state index contributed by atoms with van der Waals surface area (Å²) in [6.45, 7) is 5.18. The third-order valence-corrected chi connectivity index (χ3v) is 11.3. The first-order valence-corrected chi connectivity index (χ1v) is 18.7. The third-order valence-electron chi connectivity index (χ3n) is 7.54. The number of hydrogen-bond donors (Lipinski definition) is 8. The van der Waals surface area contributed by atoms with Gasteiger partial charge < -0.3 is 49.9 Å². The van der Waals surface area contributed by atoms with Gasteiger partial charge in [-0.1, -0.05) is 44.2 Å². The van der Waals surface area contributed by atoms with Crippen molar-refractivity contribution in [3.8, 4) is 0 Å². The van der Waals surface area contributed by atoms with Crippen molar-refractivity contribution in [3.63, 3.8) is 0 Å². The van der Waals surface area contributed by atoms with Crippen molar-refractivity contribution in [2.24, 2.45) is 5.92 Å². The van der Waals surface area contributed by atoms with Gasteiger partial charge in [0, 0.05) is 58.2 Å². The van der Waals surface area contributed by atoms with Gasteiger partial charge in [-0.05, 0) is 17.9 Å². The molecule has 1 aliphatic rings. The summed E-state index contributed by atoms with van der Waals surface area (Å²) in [5.74, 6) is -2.61. The molecule has 1 aromatic heterocycles. The largest absolute Gasteiger partial charge is 0.480 e. The van der Waals surface area contributed by atoms with Crippen LogP contribution in [-0.4, -0.2) is 121 Å². The Morgan fingerprint density at radius 2 is 1.63 bits per heavy atom. The Morgan fingerprint density at radius 1 is 1.00 bits per heavy atom. The second-order valence-corrected chi connectivity index (χ2v) is 15.9. The summed E-state index contributed by atoms with van der Waals surface area (Å²) in [6, 6.07) is 8.27. The highest BCUT2D eigenvalue weighted by Crippen LogP contribution is 2.68. The smallest absolute Gasteiger partial charge is 0.408 e. The van der Waals surface area contributed by atoms with Crippen LogP contribution in [0.15, 0.2) is 48.9 Å². The summed E-state index contributed by atoms with van der Waals surface area (Å²) >= 11 is 0. The highest BCUT2D eigenvalue weighted by atomic mass is 31.2. The fraction of sp³-hybridized carbons (Fsp3) is 0.536. The molecule has 21 heteroatoms. The lowest BCUT2D eigenvalue weighted by Gasteiger charge is -2.32. The molecule has 270 valence electrons. The number of nitrogens with zero attached hydrogens (tertiary/aromatic N) is 3. The zero-order valence-electron chi connectivity index (χ0n) is 27.1. The van der Waals surface area contributed by atoms with Crippen molar-refractivity contribution >= 4 is 40.0 Å². The van der Waals surface area contributed by atoms with Crippen LogP contribution < -0.4 is 16.0 Å². The van der Waals surface area contributed by atoms with Crippen molar-refractivity contribution in [1.82, 2.24) is 30.8 Å². The molecule has 3 rings (SSSR count). The van der Waals surface area contributed by atoms with Crippen molar-refractivity contribution in [1.29, 1.82) is 0 Å². The first kappa shape index (κ1) is 40.3. The Balaban J connectivity index is 1.59. The zero-order chi connectivity index (χ0) is 36.2. The molecular formula is C28H43BN6O12P2. The highest BCUT2D eigenvalue weighted by Gasteiger charge is 2.60. The lowest BCUT2D eigenvalue weighted by molar-refractivity contribution is -0.124. The van der Waals surface area contributed by atoms with E-state index in [0.717, 1.165) is 5.56 Å². The van der Waals surface area contributed by atoms with E-state index < -0.39 is 63.5 Å². The summed E-state index contributed by atoms with van der Waals surface area (Å²) in [4.78, 5) is 85.6. The lowest BCUT2D eigenvalue weighted by Crippen LogP contribution is -2.57. The van der Waals surface area contributed by atoms with Crippen LogP contribution in [0.5, 0.6) is 0 Å². The summed E-state index contributed by atoms with van der Waals surface area (Å²) < 4.78 is 35.1. The van der Waals surface area contributed by atoms with Gasteiger partial charge in [-0.2, -0.15) is 0 Å². The molecule has 2 aromatic rings. The Bertz CT molecular complexity index is 1450. The monoisotopic (exact) mass is 728 g/mol. The molecular weight excluding hydrogens is 685 g/mol. The lowest BCUT2D eigenvalue weighted by atomic mass is 9.73. The predicted octanol–water partition coefficient (Wildman–Crippen LogP) is -0.767. The van der Waals surface area contributed by atoms with E-state index in [1.165, 1.54) is 18.6 Å². The maximum absolute atomic E-state index is 13.7. The normalized spacial score (nSPS) is 16.3. The molecule has 0 unspecified atom stereocenters. The number of carbonyl (C=O) groups excluding carboxylic acids is 3. The van der Waals surface area contributed by atoms with Crippen LogP contribution in [0.4, 0.5) is 0 Å². The maximum atomic E-state index is 13.7. The Labute approximate surface area is 283 Å². The van der Waals surface area contributed by atoms with E-state index in [1.54, 1.807) is 0 Å². The Kier molecular flexibility index (Phi) is 15.0. The molecule has 2 heterocycles. The molecule has 18 nitrogen and oxygen atoms in total. The second kappa shape index (κ2) is 18.2. The molecule has 0 radical (unpaired) electrons. The number of carbonyl (C=O) groups is 3. The molecule has 3 amide bonds. The first-order chi connectivity index (χ1) is 23.0. The van der Waals surface area contributed by atoms with Crippen molar-refractivity contribution in [3.05, 3.63) is 60.2 Å². The van der Waals surface area contributed by atoms with Crippen LogP contribution in [0.3, 0.4) is 0 Å². The summed E-state index contributed by atoms with van der Waals surface area (Å²) in [5.41, 5.74) is 0.892. The van der Waals surface area contributed by atoms with Crippen molar-refractivity contribution in [2.75, 3.05) is 39.4 Å². The summed E-state index contributed by atoms with van der Waals surface area (Å²) in [5, 5.41) is 14.2. The van der Waals surface area contributed by atoms with Gasteiger partial charge in [-0.3, -0.25) is 33.4 Å². The fourth-order valence-electron chi connectivity index (χ4n) is 4.96. The number of amides is 3. The average Bonchev–Trinajstić information content (AvgIpc) is 3.01. The number of benzene rings is 1. The molecule has 1 aliphatic heterocycles. The minimum atomic E-state index is -5.77. The number of aliphatic hydroxyl groups is 1. The molecule has 0 spiro atoms. The maximum Gasteiger partial charge on any atom is 0.480 e. The number of rotatable bonds is 16. The fourth-order valence-corrected chi connectivity index (χ4v) is 7.01. The molecule has 1 saturated heterocycles. The van der Waals surface area contributed by atoms with E-state index in [0.29, 0.717) is 19.5 Å². The van der Waals surface area contributed by atoms with E-state index in [-0.39, 0.29) is 44.3 Å². The molecule has 1 aromatic carbocycles. The third kappa shape index (κ3) is 12.3. The molecule has 8 N–H and O–H groups in total. The molecule has 0 saturated carbocycles. The SMILES string of the molecule is CC(C)C[C@@H](NC(=O)[C@@H](Cc1ccccc1)NC(=O)c1cnccn1)B1OCCN(CCNC(=O)CC(O)(P(=O)(O)O)P(=O)(O)O)CCO1. The van der Waals surface area contributed by atoms with E-state index in [2.05, 4.69) is 25.9 Å². The van der Waals surface area contributed by atoms with Crippen LogP contribution in [0.2, 0.25) is 0 Å². The predicted molar refractivity (Wildman–Crippen MR) is 176 cm³/mol. The molecule has 2 atom stereocenters. The van der Waals surface area contributed by atoms with Crippen LogP contribution in [0, 0.1) is 5.92 Å². The average molecular weight is 728 g/mol. The minimum Gasteiger partial charge on any atom is -0.408 e. The van der Waals surface area contributed by atoms with E-state index >= 15 is 0 Å². The van der Waals surface area contributed by atoms with E-state index in [4.69, 9.17) is 9.31 Å². The van der Waals surface area contributed by atoms with Gasteiger partial charge in [-0.25, -0.2) is 4.98 Å².